The Kier molecular flexibility index (Phi) is 4.87. The second-order valence-corrected chi connectivity index (χ2v) is 7.68. The van der Waals surface area contributed by atoms with Gasteiger partial charge in [0.1, 0.15) is 11.9 Å². The Morgan fingerprint density at radius 1 is 1.29 bits per heavy atom. The van der Waals surface area contributed by atoms with Gasteiger partial charge in [0.15, 0.2) is 5.03 Å². The van der Waals surface area contributed by atoms with Crippen LogP contribution < -0.4 is 10.0 Å². The number of imidazole rings is 1. The lowest BCUT2D eigenvalue weighted by molar-refractivity contribution is -0.182. The fourth-order valence-corrected chi connectivity index (χ4v) is 4.36. The molecule has 1 aromatic rings. The van der Waals surface area contributed by atoms with Crippen molar-refractivity contribution in [3.05, 3.63) is 12.0 Å². The zero-order valence-electron chi connectivity index (χ0n) is 13.0. The summed E-state index contributed by atoms with van der Waals surface area (Å²) in [5, 5.41) is 2.93. The first-order valence-corrected chi connectivity index (χ1v) is 9.33. The first-order valence-electron chi connectivity index (χ1n) is 7.84. The number of alkyl halides is 3. The van der Waals surface area contributed by atoms with Crippen molar-refractivity contribution in [1.29, 1.82) is 0 Å². The summed E-state index contributed by atoms with van der Waals surface area (Å²) in [5.74, 6) is 0.657. The summed E-state index contributed by atoms with van der Waals surface area (Å²) >= 11 is 0. The Hall–Kier alpha value is -1.17. The highest BCUT2D eigenvalue weighted by Gasteiger charge is 2.44. The van der Waals surface area contributed by atoms with E-state index in [1.807, 2.05) is 0 Å². The van der Waals surface area contributed by atoms with Gasteiger partial charge in [0.2, 0.25) is 0 Å². The number of piperazine rings is 1. The molecule has 1 unspecified atom stereocenters. The lowest BCUT2D eigenvalue weighted by atomic mass is 10.2. The van der Waals surface area contributed by atoms with E-state index in [4.69, 9.17) is 0 Å². The average molecular weight is 367 g/mol. The van der Waals surface area contributed by atoms with E-state index in [9.17, 15) is 21.6 Å². The van der Waals surface area contributed by atoms with Crippen LogP contribution in [0.2, 0.25) is 0 Å². The minimum Gasteiger partial charge on any atom is -0.318 e. The fraction of sp³-hybridized carbons (Fsp3) is 0.769. The third-order valence-corrected chi connectivity index (χ3v) is 5.82. The summed E-state index contributed by atoms with van der Waals surface area (Å²) in [4.78, 5) is 5.30. The normalized spacial score (nSPS) is 21.0. The van der Waals surface area contributed by atoms with E-state index in [-0.39, 0.29) is 18.1 Å². The highest BCUT2D eigenvalue weighted by Crippen LogP contribution is 2.26. The topological polar surface area (TPSA) is 79.3 Å². The van der Waals surface area contributed by atoms with Crippen LogP contribution >= 0.6 is 0 Å². The van der Waals surface area contributed by atoms with Gasteiger partial charge in [0, 0.05) is 45.7 Å². The molecule has 1 saturated heterocycles. The summed E-state index contributed by atoms with van der Waals surface area (Å²) in [5.41, 5.74) is 0. The molecule has 136 valence electrons. The SMILES string of the molecule is O=S(=O)(NCC(N1CCNCC1)C(F)(F)F)c1cnc2n1CCC2. The van der Waals surface area contributed by atoms with Crippen molar-refractivity contribution in [2.24, 2.45) is 0 Å². The average Bonchev–Trinajstić information content (AvgIpc) is 3.09. The van der Waals surface area contributed by atoms with Crippen LogP contribution in [0.4, 0.5) is 13.2 Å². The molecule has 0 aliphatic carbocycles. The molecule has 2 aliphatic heterocycles. The van der Waals surface area contributed by atoms with Crippen molar-refractivity contribution < 1.29 is 21.6 Å². The van der Waals surface area contributed by atoms with E-state index in [1.54, 1.807) is 4.57 Å². The molecule has 0 radical (unpaired) electrons. The van der Waals surface area contributed by atoms with E-state index in [1.165, 1.54) is 11.1 Å². The number of sulfonamides is 1. The number of hydrogen-bond acceptors (Lipinski definition) is 5. The van der Waals surface area contributed by atoms with Crippen molar-refractivity contribution in [1.82, 2.24) is 24.5 Å². The monoisotopic (exact) mass is 367 g/mol. The van der Waals surface area contributed by atoms with Gasteiger partial charge in [-0.25, -0.2) is 18.1 Å². The molecule has 0 aromatic carbocycles. The number of aryl methyl sites for hydroxylation is 1. The zero-order valence-corrected chi connectivity index (χ0v) is 13.8. The van der Waals surface area contributed by atoms with Crippen LogP contribution in [0.3, 0.4) is 0 Å². The smallest absolute Gasteiger partial charge is 0.318 e. The first kappa shape index (κ1) is 17.6. The molecule has 0 spiro atoms. The van der Waals surface area contributed by atoms with Crippen molar-refractivity contribution in [2.45, 2.75) is 36.6 Å². The molecule has 1 aromatic heterocycles. The van der Waals surface area contributed by atoms with Crippen molar-refractivity contribution >= 4 is 10.0 Å². The molecular formula is C13H20F3N5O2S. The summed E-state index contributed by atoms with van der Waals surface area (Å²) < 4.78 is 68.5. The van der Waals surface area contributed by atoms with Crippen molar-refractivity contribution in [2.75, 3.05) is 32.7 Å². The molecule has 3 heterocycles. The standard InChI is InChI=1S/C13H20F3N5O2S/c14-13(15,16)10(20-6-3-17-4-7-20)8-19-24(22,23)12-9-18-11-2-1-5-21(11)12/h9-10,17,19H,1-8H2. The second-order valence-electron chi connectivity index (χ2n) is 5.96. The second kappa shape index (κ2) is 6.62. The first-order chi connectivity index (χ1) is 11.3. The molecule has 1 fully saturated rings. The van der Waals surface area contributed by atoms with E-state index in [0.717, 1.165) is 6.42 Å². The van der Waals surface area contributed by atoms with Crippen LogP contribution in [0.15, 0.2) is 11.2 Å². The number of nitrogens with one attached hydrogen (secondary N) is 2. The van der Waals surface area contributed by atoms with Gasteiger partial charge in [-0.3, -0.25) is 4.90 Å². The number of rotatable bonds is 5. The highest BCUT2D eigenvalue weighted by atomic mass is 32.2. The molecule has 1 atom stereocenters. The molecule has 11 heteroatoms. The molecule has 0 saturated carbocycles. The van der Waals surface area contributed by atoms with Crippen molar-refractivity contribution in [3.63, 3.8) is 0 Å². The van der Waals surface area contributed by atoms with Crippen molar-refractivity contribution in [3.8, 4) is 0 Å². The van der Waals surface area contributed by atoms with Gasteiger partial charge in [-0.05, 0) is 6.42 Å². The van der Waals surface area contributed by atoms with Gasteiger partial charge in [-0.1, -0.05) is 0 Å². The molecule has 2 aliphatic rings. The maximum atomic E-state index is 13.3. The summed E-state index contributed by atoms with van der Waals surface area (Å²) in [6.45, 7) is 1.19. The molecule has 24 heavy (non-hydrogen) atoms. The maximum Gasteiger partial charge on any atom is 0.405 e. The molecule has 3 rings (SSSR count). The number of fused-ring (bicyclic) bond motifs is 1. The number of nitrogens with zero attached hydrogens (tertiary/aromatic N) is 3. The van der Waals surface area contributed by atoms with Gasteiger partial charge in [0.05, 0.1) is 6.20 Å². The lowest BCUT2D eigenvalue weighted by Crippen LogP contribution is -2.57. The van der Waals surface area contributed by atoms with E-state index < -0.39 is 28.8 Å². The van der Waals surface area contributed by atoms with Gasteiger partial charge in [0.25, 0.3) is 10.0 Å². The minimum absolute atomic E-state index is 0.0590. The Labute approximate surface area is 138 Å². The van der Waals surface area contributed by atoms with Gasteiger partial charge in [-0.2, -0.15) is 13.2 Å². The highest BCUT2D eigenvalue weighted by molar-refractivity contribution is 7.89. The summed E-state index contributed by atoms with van der Waals surface area (Å²) in [6, 6.07) is -1.84. The Bertz CT molecular complexity index is 682. The maximum absolute atomic E-state index is 13.3. The molecule has 0 bridgehead atoms. The van der Waals surface area contributed by atoms with Crippen LogP contribution in [0.5, 0.6) is 0 Å². The van der Waals surface area contributed by atoms with Crippen LogP contribution in [-0.4, -0.2) is 67.8 Å². The Morgan fingerprint density at radius 3 is 2.67 bits per heavy atom. The van der Waals surface area contributed by atoms with E-state index in [2.05, 4.69) is 15.0 Å². The zero-order chi connectivity index (χ0) is 17.4. The minimum atomic E-state index is -4.50. The van der Waals surface area contributed by atoms with Gasteiger partial charge in [-0.15, -0.1) is 0 Å². The lowest BCUT2D eigenvalue weighted by Gasteiger charge is -2.35. The quantitative estimate of drug-likeness (QED) is 0.763. The fourth-order valence-electron chi connectivity index (χ4n) is 3.15. The van der Waals surface area contributed by atoms with Crippen LogP contribution in [0.25, 0.3) is 0 Å². The third-order valence-electron chi connectivity index (χ3n) is 4.40. The number of hydrogen-bond donors (Lipinski definition) is 2. The third kappa shape index (κ3) is 3.58. The Balaban J connectivity index is 1.73. The van der Waals surface area contributed by atoms with E-state index >= 15 is 0 Å². The Morgan fingerprint density at radius 2 is 2.00 bits per heavy atom. The van der Waals surface area contributed by atoms with Crippen LogP contribution in [-0.2, 0) is 23.0 Å². The molecule has 0 amide bonds. The molecular weight excluding hydrogens is 347 g/mol. The molecule has 7 nitrogen and oxygen atoms in total. The predicted octanol–water partition coefficient (Wildman–Crippen LogP) is -0.0563. The van der Waals surface area contributed by atoms with Crippen LogP contribution in [0.1, 0.15) is 12.2 Å². The summed E-state index contributed by atoms with van der Waals surface area (Å²) in [6.07, 6.45) is -1.82. The van der Waals surface area contributed by atoms with E-state index in [0.29, 0.717) is 31.9 Å². The largest absolute Gasteiger partial charge is 0.405 e. The van der Waals surface area contributed by atoms with Crippen LogP contribution in [0, 0.1) is 0 Å². The molecule has 2 N–H and O–H groups in total. The summed E-state index contributed by atoms with van der Waals surface area (Å²) in [7, 11) is -4.03. The number of halogens is 3. The number of aromatic nitrogens is 2. The van der Waals surface area contributed by atoms with Gasteiger partial charge >= 0.3 is 6.18 Å². The van der Waals surface area contributed by atoms with Gasteiger partial charge < -0.3 is 9.88 Å². The predicted molar refractivity (Wildman–Crippen MR) is 80.0 cm³/mol.